The lowest BCUT2D eigenvalue weighted by atomic mass is 10.2. The highest BCUT2D eigenvalue weighted by Gasteiger charge is 2.06. The Morgan fingerprint density at radius 1 is 1.05 bits per heavy atom. The summed E-state index contributed by atoms with van der Waals surface area (Å²) in [6.45, 7) is 2.14. The zero-order valence-corrected chi connectivity index (χ0v) is 14.9. The minimum atomic E-state index is -0.325. The Balaban J connectivity index is 1.94. The van der Waals surface area contributed by atoms with Gasteiger partial charge in [-0.2, -0.15) is 0 Å². The number of hydrogen-bond donors (Lipinski definition) is 2. The number of halogens is 1. The van der Waals surface area contributed by atoms with Crippen molar-refractivity contribution in [3.63, 3.8) is 0 Å². The minimum absolute atomic E-state index is 0.325. The Labute approximate surface area is 148 Å². The molecule has 0 aromatic heterocycles. The number of carbonyl (C=O) groups is 1. The van der Waals surface area contributed by atoms with Crippen molar-refractivity contribution in [3.8, 4) is 0 Å². The van der Waals surface area contributed by atoms with Crippen LogP contribution in [0.5, 0.6) is 0 Å². The van der Waals surface area contributed by atoms with Gasteiger partial charge >= 0.3 is 5.97 Å². The van der Waals surface area contributed by atoms with Crippen LogP contribution >= 0.6 is 34.8 Å². The lowest BCUT2D eigenvalue weighted by Gasteiger charge is -2.11. The molecular formula is C16H15IN2O2S. The first-order valence-corrected chi connectivity index (χ1v) is 8.18. The molecule has 0 amide bonds. The fourth-order valence-corrected chi connectivity index (χ4v) is 2.33. The third-order valence-electron chi connectivity index (χ3n) is 2.76. The van der Waals surface area contributed by atoms with Gasteiger partial charge in [-0.25, -0.2) is 4.79 Å². The molecule has 0 aliphatic carbocycles. The first kappa shape index (κ1) is 16.7. The third-order valence-corrected chi connectivity index (χ3v) is 3.68. The second-order valence-electron chi connectivity index (χ2n) is 4.38. The topological polar surface area (TPSA) is 50.4 Å². The van der Waals surface area contributed by atoms with Crippen molar-refractivity contribution in [2.24, 2.45) is 0 Å². The first-order chi connectivity index (χ1) is 10.6. The molecule has 0 bridgehead atoms. The predicted molar refractivity (Wildman–Crippen MR) is 101 cm³/mol. The Morgan fingerprint density at radius 3 is 2.05 bits per heavy atom. The Kier molecular flexibility index (Phi) is 6.14. The summed E-state index contributed by atoms with van der Waals surface area (Å²) in [5.74, 6) is -0.325. The van der Waals surface area contributed by atoms with Crippen LogP contribution < -0.4 is 10.6 Å². The molecule has 0 aliphatic heterocycles. The van der Waals surface area contributed by atoms with Crippen molar-refractivity contribution < 1.29 is 9.53 Å². The van der Waals surface area contributed by atoms with Gasteiger partial charge in [-0.1, -0.05) is 0 Å². The van der Waals surface area contributed by atoms with E-state index in [0.717, 1.165) is 14.9 Å². The SMILES string of the molecule is CCOC(=O)c1ccc(NC(=S)Nc2ccc(I)cc2)cc1. The number of thiocarbonyl (C=S) groups is 1. The van der Waals surface area contributed by atoms with Crippen molar-refractivity contribution in [1.29, 1.82) is 0 Å². The average Bonchev–Trinajstić information content (AvgIpc) is 2.50. The van der Waals surface area contributed by atoms with E-state index in [4.69, 9.17) is 17.0 Å². The molecule has 114 valence electrons. The van der Waals surface area contributed by atoms with Crippen molar-refractivity contribution >= 4 is 57.3 Å². The van der Waals surface area contributed by atoms with Crippen molar-refractivity contribution in [1.82, 2.24) is 0 Å². The van der Waals surface area contributed by atoms with Gasteiger partial charge < -0.3 is 15.4 Å². The highest BCUT2D eigenvalue weighted by Crippen LogP contribution is 2.13. The van der Waals surface area contributed by atoms with E-state index < -0.39 is 0 Å². The lowest BCUT2D eigenvalue weighted by molar-refractivity contribution is 0.0526. The Morgan fingerprint density at radius 2 is 1.55 bits per heavy atom. The van der Waals surface area contributed by atoms with Crippen molar-refractivity contribution in [3.05, 3.63) is 57.7 Å². The molecule has 6 heteroatoms. The van der Waals surface area contributed by atoms with E-state index in [1.165, 1.54) is 0 Å². The molecule has 0 saturated carbocycles. The maximum absolute atomic E-state index is 11.6. The van der Waals surface area contributed by atoms with Crippen LogP contribution in [0.1, 0.15) is 17.3 Å². The second kappa shape index (κ2) is 8.09. The highest BCUT2D eigenvalue weighted by molar-refractivity contribution is 14.1. The standard InChI is InChI=1S/C16H15IN2O2S/c1-2-21-15(20)11-3-7-13(8-4-11)18-16(22)19-14-9-5-12(17)6-10-14/h3-10H,2H2,1H3,(H2,18,19,22). The molecule has 4 nitrogen and oxygen atoms in total. The van der Waals surface area contributed by atoms with Gasteiger partial charge in [-0.15, -0.1) is 0 Å². The summed E-state index contributed by atoms with van der Waals surface area (Å²) >= 11 is 7.51. The maximum atomic E-state index is 11.6. The van der Waals surface area contributed by atoms with Gasteiger partial charge in [-0.05, 0) is 90.3 Å². The van der Waals surface area contributed by atoms with Gasteiger partial charge in [0.2, 0.25) is 0 Å². The maximum Gasteiger partial charge on any atom is 0.338 e. The van der Waals surface area contributed by atoms with E-state index in [2.05, 4.69) is 33.2 Å². The molecule has 0 spiro atoms. The van der Waals surface area contributed by atoms with Crippen LogP contribution in [0.25, 0.3) is 0 Å². The van der Waals surface area contributed by atoms with Crippen LogP contribution in [-0.2, 0) is 4.74 Å². The molecule has 0 atom stereocenters. The zero-order chi connectivity index (χ0) is 15.9. The minimum Gasteiger partial charge on any atom is -0.462 e. The van der Waals surface area contributed by atoms with Gasteiger partial charge in [0.15, 0.2) is 5.11 Å². The molecule has 2 aromatic carbocycles. The smallest absolute Gasteiger partial charge is 0.338 e. The van der Waals surface area contributed by atoms with Crippen LogP contribution in [0.3, 0.4) is 0 Å². The van der Waals surface area contributed by atoms with E-state index >= 15 is 0 Å². The molecule has 0 heterocycles. The summed E-state index contributed by atoms with van der Waals surface area (Å²) in [5.41, 5.74) is 2.24. The van der Waals surface area contributed by atoms with Crippen LogP contribution in [0.15, 0.2) is 48.5 Å². The number of hydrogen-bond acceptors (Lipinski definition) is 3. The highest BCUT2D eigenvalue weighted by atomic mass is 127. The molecular weight excluding hydrogens is 411 g/mol. The number of anilines is 2. The van der Waals surface area contributed by atoms with E-state index in [9.17, 15) is 4.79 Å². The first-order valence-electron chi connectivity index (χ1n) is 6.69. The summed E-state index contributed by atoms with van der Waals surface area (Å²) < 4.78 is 6.10. The summed E-state index contributed by atoms with van der Waals surface area (Å²) in [6.07, 6.45) is 0. The number of carbonyl (C=O) groups excluding carboxylic acids is 1. The predicted octanol–water partition coefficient (Wildman–Crippen LogP) is 4.28. The zero-order valence-electron chi connectivity index (χ0n) is 11.9. The van der Waals surface area contributed by atoms with Crippen molar-refractivity contribution in [2.75, 3.05) is 17.2 Å². The number of nitrogens with one attached hydrogen (secondary N) is 2. The van der Waals surface area contributed by atoms with Gasteiger partial charge in [-0.3, -0.25) is 0 Å². The normalized spacial score (nSPS) is 9.91. The molecule has 0 saturated heterocycles. The largest absolute Gasteiger partial charge is 0.462 e. The summed E-state index contributed by atoms with van der Waals surface area (Å²) in [6, 6.07) is 14.9. The van der Waals surface area contributed by atoms with E-state index in [1.807, 2.05) is 24.3 Å². The molecule has 0 radical (unpaired) electrons. The Bertz CT molecular complexity index is 657. The van der Waals surface area contributed by atoms with Gasteiger partial charge in [0.05, 0.1) is 12.2 Å². The Hall–Kier alpha value is -1.67. The number of esters is 1. The molecule has 0 unspecified atom stereocenters. The van der Waals surface area contributed by atoms with Gasteiger partial charge in [0.25, 0.3) is 0 Å². The van der Waals surface area contributed by atoms with Crippen LogP contribution in [0.2, 0.25) is 0 Å². The molecule has 0 fully saturated rings. The van der Waals surface area contributed by atoms with Crippen molar-refractivity contribution in [2.45, 2.75) is 6.92 Å². The molecule has 2 aromatic rings. The summed E-state index contributed by atoms with van der Waals surface area (Å²) in [4.78, 5) is 11.6. The van der Waals surface area contributed by atoms with Gasteiger partial charge in [0, 0.05) is 14.9 Å². The summed E-state index contributed by atoms with van der Waals surface area (Å²) in [7, 11) is 0. The molecule has 2 N–H and O–H groups in total. The fourth-order valence-electron chi connectivity index (χ4n) is 1.73. The number of ether oxygens (including phenoxy) is 1. The molecule has 22 heavy (non-hydrogen) atoms. The van der Waals surface area contributed by atoms with E-state index in [0.29, 0.717) is 17.3 Å². The average molecular weight is 426 g/mol. The number of benzene rings is 2. The summed E-state index contributed by atoms with van der Waals surface area (Å²) in [5, 5.41) is 6.66. The second-order valence-corrected chi connectivity index (χ2v) is 6.04. The van der Waals surface area contributed by atoms with Crippen LogP contribution in [0, 0.1) is 3.57 Å². The molecule has 2 rings (SSSR count). The van der Waals surface area contributed by atoms with Crippen LogP contribution in [0.4, 0.5) is 11.4 Å². The number of rotatable bonds is 4. The third kappa shape index (κ3) is 4.96. The van der Waals surface area contributed by atoms with E-state index in [-0.39, 0.29) is 5.97 Å². The lowest BCUT2D eigenvalue weighted by Crippen LogP contribution is -2.19. The fraction of sp³-hybridized carbons (Fsp3) is 0.125. The quantitative estimate of drug-likeness (QED) is 0.435. The van der Waals surface area contributed by atoms with Crippen LogP contribution in [-0.4, -0.2) is 17.7 Å². The molecule has 0 aliphatic rings. The van der Waals surface area contributed by atoms with E-state index in [1.54, 1.807) is 31.2 Å². The van der Waals surface area contributed by atoms with Gasteiger partial charge in [0.1, 0.15) is 0 Å². The monoisotopic (exact) mass is 426 g/mol.